The van der Waals surface area contributed by atoms with E-state index in [-0.39, 0.29) is 0 Å². The van der Waals surface area contributed by atoms with Gasteiger partial charge in [0, 0.05) is 24.2 Å². The van der Waals surface area contributed by atoms with Crippen molar-refractivity contribution in [1.82, 2.24) is 9.97 Å². The molecule has 1 aliphatic heterocycles. The first-order valence-corrected chi connectivity index (χ1v) is 5.95. The highest BCUT2D eigenvalue weighted by molar-refractivity contribution is 5.61. The summed E-state index contributed by atoms with van der Waals surface area (Å²) in [6.45, 7) is 1.27. The molecule has 0 atom stereocenters. The molecule has 0 saturated carbocycles. The average Bonchev–Trinajstić information content (AvgIpc) is 2.63. The first-order valence-electron chi connectivity index (χ1n) is 5.95. The van der Waals surface area contributed by atoms with E-state index in [2.05, 4.69) is 15.3 Å². The minimum atomic E-state index is -0.577. The zero-order chi connectivity index (χ0) is 13.1. The van der Waals surface area contributed by atoms with Crippen LogP contribution >= 0.6 is 0 Å². The molecule has 1 aromatic heterocycles. The van der Waals surface area contributed by atoms with E-state index >= 15 is 0 Å². The molecule has 1 aromatic carbocycles. The van der Waals surface area contributed by atoms with Crippen LogP contribution in [0.25, 0.3) is 0 Å². The van der Waals surface area contributed by atoms with Gasteiger partial charge < -0.3 is 14.8 Å². The molecule has 0 spiro atoms. The summed E-state index contributed by atoms with van der Waals surface area (Å²) < 4.78 is 24.1. The first-order chi connectivity index (χ1) is 9.31. The van der Waals surface area contributed by atoms with Crippen molar-refractivity contribution in [2.75, 3.05) is 18.5 Å². The highest BCUT2D eigenvalue weighted by Crippen LogP contribution is 2.33. The summed E-state index contributed by atoms with van der Waals surface area (Å²) >= 11 is 0. The topological polar surface area (TPSA) is 56.3 Å². The molecule has 2 heterocycles. The fraction of sp³-hybridized carbons (Fsp3) is 0.231. The third-order valence-electron chi connectivity index (χ3n) is 2.65. The van der Waals surface area contributed by atoms with E-state index in [1.807, 2.05) is 12.1 Å². The van der Waals surface area contributed by atoms with Crippen molar-refractivity contribution in [1.29, 1.82) is 0 Å². The van der Waals surface area contributed by atoms with E-state index in [1.54, 1.807) is 6.07 Å². The van der Waals surface area contributed by atoms with Gasteiger partial charge in [-0.1, -0.05) is 0 Å². The zero-order valence-corrected chi connectivity index (χ0v) is 10.1. The molecule has 0 radical (unpaired) electrons. The molecule has 0 amide bonds. The molecule has 5 nitrogen and oxygen atoms in total. The molecular formula is C13H12FN3O2. The van der Waals surface area contributed by atoms with Crippen LogP contribution in [0, 0.1) is 5.95 Å². The van der Waals surface area contributed by atoms with Crippen LogP contribution in [0.15, 0.2) is 30.6 Å². The predicted octanol–water partition coefficient (Wildman–Crippen LogP) is 2.52. The van der Waals surface area contributed by atoms with Gasteiger partial charge in [-0.15, -0.1) is 0 Å². The number of aromatic nitrogens is 2. The molecule has 0 fully saturated rings. The molecule has 0 aliphatic carbocycles. The molecule has 6 heteroatoms. The number of nitrogens with zero attached hydrogens (tertiary/aromatic N) is 2. The van der Waals surface area contributed by atoms with Gasteiger partial charge >= 0.3 is 0 Å². The Kier molecular flexibility index (Phi) is 3.14. The number of ether oxygens (including phenoxy) is 2. The van der Waals surface area contributed by atoms with Crippen molar-refractivity contribution >= 4 is 11.5 Å². The van der Waals surface area contributed by atoms with E-state index in [4.69, 9.17) is 9.47 Å². The van der Waals surface area contributed by atoms with Crippen molar-refractivity contribution in [2.45, 2.75) is 6.42 Å². The van der Waals surface area contributed by atoms with Crippen molar-refractivity contribution in [3.05, 3.63) is 36.5 Å². The third-order valence-corrected chi connectivity index (χ3v) is 2.65. The Morgan fingerprint density at radius 3 is 2.74 bits per heavy atom. The van der Waals surface area contributed by atoms with Gasteiger partial charge in [0.25, 0.3) is 0 Å². The van der Waals surface area contributed by atoms with Gasteiger partial charge in [-0.25, -0.2) is 9.97 Å². The Balaban J connectivity index is 1.84. The Morgan fingerprint density at radius 2 is 1.89 bits per heavy atom. The predicted molar refractivity (Wildman–Crippen MR) is 67.3 cm³/mol. The van der Waals surface area contributed by atoms with E-state index in [1.165, 1.54) is 12.4 Å². The van der Waals surface area contributed by atoms with Crippen LogP contribution in [0.4, 0.5) is 15.9 Å². The van der Waals surface area contributed by atoms with Gasteiger partial charge in [-0.3, -0.25) is 0 Å². The van der Waals surface area contributed by atoms with E-state index in [0.717, 1.165) is 17.9 Å². The van der Waals surface area contributed by atoms with Crippen LogP contribution < -0.4 is 14.8 Å². The van der Waals surface area contributed by atoms with E-state index < -0.39 is 5.95 Å². The number of nitrogens with one attached hydrogen (secondary N) is 1. The fourth-order valence-corrected chi connectivity index (χ4v) is 1.79. The van der Waals surface area contributed by atoms with Crippen LogP contribution in [0.3, 0.4) is 0 Å². The summed E-state index contributed by atoms with van der Waals surface area (Å²) in [6, 6.07) is 6.68. The van der Waals surface area contributed by atoms with Crippen molar-refractivity contribution in [2.24, 2.45) is 0 Å². The van der Waals surface area contributed by atoms with E-state index in [9.17, 15) is 4.39 Å². The van der Waals surface area contributed by atoms with Gasteiger partial charge in [0.2, 0.25) is 5.95 Å². The molecule has 2 aromatic rings. The number of rotatable bonds is 2. The monoisotopic (exact) mass is 261 g/mol. The Bertz CT molecular complexity index is 592. The maximum absolute atomic E-state index is 13.0. The summed E-state index contributed by atoms with van der Waals surface area (Å²) in [7, 11) is 0. The molecule has 0 saturated heterocycles. The Hall–Kier alpha value is -2.37. The van der Waals surface area contributed by atoms with Crippen LogP contribution in [-0.2, 0) is 0 Å². The molecular weight excluding hydrogens is 249 g/mol. The van der Waals surface area contributed by atoms with Crippen molar-refractivity contribution < 1.29 is 13.9 Å². The maximum atomic E-state index is 13.0. The zero-order valence-electron chi connectivity index (χ0n) is 10.1. The molecule has 0 bridgehead atoms. The minimum Gasteiger partial charge on any atom is -0.490 e. The summed E-state index contributed by atoms with van der Waals surface area (Å²) in [5, 5.41) is 2.99. The summed E-state index contributed by atoms with van der Waals surface area (Å²) in [6.07, 6.45) is 2.02. The maximum Gasteiger partial charge on any atom is 0.218 e. The van der Waals surface area contributed by atoms with Crippen LogP contribution in [0.2, 0.25) is 0 Å². The number of hydrogen-bond acceptors (Lipinski definition) is 5. The normalized spacial score (nSPS) is 13.7. The van der Waals surface area contributed by atoms with E-state index in [0.29, 0.717) is 24.8 Å². The quantitative estimate of drug-likeness (QED) is 0.842. The Morgan fingerprint density at radius 1 is 1.05 bits per heavy atom. The fourth-order valence-electron chi connectivity index (χ4n) is 1.79. The number of benzene rings is 1. The van der Waals surface area contributed by atoms with Gasteiger partial charge in [0.05, 0.1) is 13.2 Å². The van der Waals surface area contributed by atoms with Crippen LogP contribution in [0.5, 0.6) is 11.5 Å². The first kappa shape index (κ1) is 11.7. The van der Waals surface area contributed by atoms with Crippen molar-refractivity contribution in [3.63, 3.8) is 0 Å². The lowest BCUT2D eigenvalue weighted by Gasteiger charge is -2.10. The summed E-state index contributed by atoms with van der Waals surface area (Å²) in [5.74, 6) is 1.21. The molecule has 0 unspecified atom stereocenters. The van der Waals surface area contributed by atoms with Crippen LogP contribution in [0.1, 0.15) is 6.42 Å². The lowest BCUT2D eigenvalue weighted by molar-refractivity contribution is 0.297. The summed E-state index contributed by atoms with van der Waals surface area (Å²) in [5.41, 5.74) is 0.752. The highest BCUT2D eigenvalue weighted by Gasteiger charge is 2.10. The number of hydrogen-bond donors (Lipinski definition) is 1. The van der Waals surface area contributed by atoms with Gasteiger partial charge in [0.15, 0.2) is 11.5 Å². The molecule has 3 rings (SSSR count). The molecule has 98 valence electrons. The highest BCUT2D eigenvalue weighted by atomic mass is 19.1. The number of halogens is 1. The lowest BCUT2D eigenvalue weighted by Crippen LogP contribution is -1.98. The smallest absolute Gasteiger partial charge is 0.218 e. The molecule has 1 N–H and O–H groups in total. The second-order valence-corrected chi connectivity index (χ2v) is 4.06. The molecule has 1 aliphatic rings. The minimum absolute atomic E-state index is 0.391. The lowest BCUT2D eigenvalue weighted by atomic mass is 10.2. The second kappa shape index (κ2) is 5.09. The third kappa shape index (κ3) is 2.73. The summed E-state index contributed by atoms with van der Waals surface area (Å²) in [4.78, 5) is 7.33. The van der Waals surface area contributed by atoms with Crippen LogP contribution in [-0.4, -0.2) is 23.2 Å². The average molecular weight is 261 g/mol. The number of anilines is 2. The number of fused-ring (bicyclic) bond motifs is 1. The van der Waals surface area contributed by atoms with Crippen molar-refractivity contribution in [3.8, 4) is 11.5 Å². The SMILES string of the molecule is Fc1cc(Nc2ccc3c(c2)OCCCO3)ncn1. The largest absolute Gasteiger partial charge is 0.490 e. The second-order valence-electron chi connectivity index (χ2n) is 4.06. The molecule has 19 heavy (non-hydrogen) atoms. The standard InChI is InChI=1S/C13H12FN3O2/c14-12-7-13(16-8-15-12)17-9-2-3-10-11(6-9)19-5-1-4-18-10/h2-3,6-8H,1,4-5H2,(H,15,16,17). The van der Waals surface area contributed by atoms with Gasteiger partial charge in [0.1, 0.15) is 12.1 Å². The Labute approximate surface area is 109 Å². The van der Waals surface area contributed by atoms with Gasteiger partial charge in [-0.2, -0.15) is 4.39 Å². The van der Waals surface area contributed by atoms with Gasteiger partial charge in [-0.05, 0) is 12.1 Å².